The lowest BCUT2D eigenvalue weighted by molar-refractivity contribution is 0.407. The summed E-state index contributed by atoms with van der Waals surface area (Å²) in [6.45, 7) is 2.01. The molecular formula is C21H15N3O4. The van der Waals surface area contributed by atoms with E-state index in [1.165, 1.54) is 7.11 Å². The zero-order valence-electron chi connectivity index (χ0n) is 15.1. The molecule has 1 N–H and O–H groups in total. The van der Waals surface area contributed by atoms with Gasteiger partial charge in [-0.25, -0.2) is 9.78 Å². The average molecular weight is 373 g/mol. The lowest BCUT2D eigenvalue weighted by atomic mass is 10.1. The molecule has 0 aliphatic carbocycles. The Morgan fingerprint density at radius 2 is 1.89 bits per heavy atom. The van der Waals surface area contributed by atoms with Gasteiger partial charge >= 0.3 is 5.63 Å². The number of benzene rings is 2. The number of para-hydroxylation sites is 1. The summed E-state index contributed by atoms with van der Waals surface area (Å²) in [6.07, 6.45) is 1.68. The average Bonchev–Trinajstić information content (AvgIpc) is 3.11. The normalized spacial score (nSPS) is 11.5. The number of ether oxygens (including phenoxy) is 1. The molecule has 3 aromatic heterocycles. The first-order valence-corrected chi connectivity index (χ1v) is 8.69. The Kier molecular flexibility index (Phi) is 3.39. The van der Waals surface area contributed by atoms with E-state index in [-0.39, 0.29) is 11.0 Å². The van der Waals surface area contributed by atoms with Gasteiger partial charge in [-0.05, 0) is 19.1 Å². The predicted octanol–water partition coefficient (Wildman–Crippen LogP) is 3.27. The van der Waals surface area contributed by atoms with Crippen molar-refractivity contribution in [3.63, 3.8) is 0 Å². The summed E-state index contributed by atoms with van der Waals surface area (Å²) in [6, 6.07) is 13.2. The van der Waals surface area contributed by atoms with Gasteiger partial charge in [-0.15, -0.1) is 0 Å². The Hall–Kier alpha value is -3.87. The van der Waals surface area contributed by atoms with Crippen molar-refractivity contribution < 1.29 is 9.15 Å². The third kappa shape index (κ3) is 2.19. The summed E-state index contributed by atoms with van der Waals surface area (Å²) in [5, 5.41) is 0.538. The summed E-state index contributed by atoms with van der Waals surface area (Å²) in [4.78, 5) is 32.3. The SMILES string of the molecule is COc1cccc2c1oc(=O)c1c(=O)[nH]c3ncc(-c4ccc(C)cc4)n3c12. The molecule has 2 aromatic carbocycles. The van der Waals surface area contributed by atoms with Crippen LogP contribution in [0.25, 0.3) is 38.9 Å². The van der Waals surface area contributed by atoms with Crippen LogP contribution in [0.5, 0.6) is 5.75 Å². The fourth-order valence-electron chi connectivity index (χ4n) is 3.53. The van der Waals surface area contributed by atoms with E-state index in [0.29, 0.717) is 22.4 Å². The Morgan fingerprint density at radius 3 is 2.64 bits per heavy atom. The van der Waals surface area contributed by atoms with Crippen LogP contribution in [-0.4, -0.2) is 21.5 Å². The molecule has 7 nitrogen and oxygen atoms in total. The Morgan fingerprint density at radius 1 is 1.11 bits per heavy atom. The second-order valence-electron chi connectivity index (χ2n) is 6.57. The molecule has 0 bridgehead atoms. The number of hydrogen-bond donors (Lipinski definition) is 1. The Labute approximate surface area is 157 Å². The number of methoxy groups -OCH3 is 1. The number of imidazole rings is 1. The van der Waals surface area contributed by atoms with Gasteiger partial charge in [0.2, 0.25) is 5.78 Å². The maximum Gasteiger partial charge on any atom is 0.351 e. The number of nitrogens with one attached hydrogen (secondary N) is 1. The zero-order chi connectivity index (χ0) is 19.4. The van der Waals surface area contributed by atoms with Crippen LogP contribution >= 0.6 is 0 Å². The minimum absolute atomic E-state index is 0.0559. The fraction of sp³-hybridized carbons (Fsp3) is 0.0952. The van der Waals surface area contributed by atoms with Crippen LogP contribution in [0.15, 0.2) is 62.7 Å². The van der Waals surface area contributed by atoms with E-state index in [2.05, 4.69) is 9.97 Å². The summed E-state index contributed by atoms with van der Waals surface area (Å²) in [7, 11) is 1.50. The number of H-pyrrole nitrogens is 1. The van der Waals surface area contributed by atoms with Crippen LogP contribution in [0.4, 0.5) is 0 Å². The molecule has 0 saturated heterocycles. The largest absolute Gasteiger partial charge is 0.493 e. The minimum Gasteiger partial charge on any atom is -0.493 e. The molecule has 5 aromatic rings. The monoisotopic (exact) mass is 373 g/mol. The van der Waals surface area contributed by atoms with E-state index in [0.717, 1.165) is 16.8 Å². The summed E-state index contributed by atoms with van der Waals surface area (Å²) in [5.41, 5.74) is 2.27. The van der Waals surface area contributed by atoms with Gasteiger partial charge < -0.3 is 9.15 Å². The zero-order valence-corrected chi connectivity index (χ0v) is 15.1. The molecule has 5 rings (SSSR count). The maximum absolute atomic E-state index is 12.7. The van der Waals surface area contributed by atoms with Crippen molar-refractivity contribution in [2.24, 2.45) is 0 Å². The molecule has 3 heterocycles. The highest BCUT2D eigenvalue weighted by atomic mass is 16.5. The van der Waals surface area contributed by atoms with Crippen molar-refractivity contribution in [1.82, 2.24) is 14.4 Å². The highest BCUT2D eigenvalue weighted by Crippen LogP contribution is 2.31. The molecular weight excluding hydrogens is 358 g/mol. The van der Waals surface area contributed by atoms with Gasteiger partial charge in [0.25, 0.3) is 5.56 Å². The summed E-state index contributed by atoms with van der Waals surface area (Å²) < 4.78 is 12.5. The van der Waals surface area contributed by atoms with Gasteiger partial charge in [0.1, 0.15) is 5.39 Å². The predicted molar refractivity (Wildman–Crippen MR) is 106 cm³/mol. The topological polar surface area (TPSA) is 89.6 Å². The van der Waals surface area contributed by atoms with E-state index in [1.807, 2.05) is 31.2 Å². The lowest BCUT2D eigenvalue weighted by Gasteiger charge is -2.10. The van der Waals surface area contributed by atoms with Crippen molar-refractivity contribution in [3.8, 4) is 17.0 Å². The second kappa shape index (κ2) is 5.82. The second-order valence-corrected chi connectivity index (χ2v) is 6.57. The van der Waals surface area contributed by atoms with Crippen molar-refractivity contribution in [2.45, 2.75) is 6.92 Å². The van der Waals surface area contributed by atoms with Crippen LogP contribution in [0.2, 0.25) is 0 Å². The van der Waals surface area contributed by atoms with E-state index in [4.69, 9.17) is 9.15 Å². The highest BCUT2D eigenvalue weighted by molar-refractivity contribution is 6.05. The molecule has 7 heteroatoms. The van der Waals surface area contributed by atoms with Gasteiger partial charge in [-0.3, -0.25) is 14.2 Å². The summed E-state index contributed by atoms with van der Waals surface area (Å²) in [5.74, 6) is 0.768. The first kappa shape index (κ1) is 16.3. The van der Waals surface area contributed by atoms with Crippen LogP contribution in [-0.2, 0) is 0 Å². The molecule has 0 fully saturated rings. The smallest absolute Gasteiger partial charge is 0.351 e. The molecule has 138 valence electrons. The third-order valence-corrected chi connectivity index (χ3v) is 4.87. The first-order chi connectivity index (χ1) is 13.6. The number of aryl methyl sites for hydroxylation is 1. The van der Waals surface area contributed by atoms with E-state index >= 15 is 0 Å². The molecule has 0 radical (unpaired) electrons. The molecule has 28 heavy (non-hydrogen) atoms. The van der Waals surface area contributed by atoms with E-state index in [1.54, 1.807) is 28.8 Å². The number of hydrogen-bond acceptors (Lipinski definition) is 5. The molecule has 0 spiro atoms. The van der Waals surface area contributed by atoms with Crippen molar-refractivity contribution in [1.29, 1.82) is 0 Å². The van der Waals surface area contributed by atoms with Crippen molar-refractivity contribution in [2.75, 3.05) is 7.11 Å². The quantitative estimate of drug-likeness (QED) is 0.379. The molecule has 0 amide bonds. The third-order valence-electron chi connectivity index (χ3n) is 4.87. The highest BCUT2D eigenvalue weighted by Gasteiger charge is 2.19. The molecule has 0 unspecified atom stereocenters. The van der Waals surface area contributed by atoms with Crippen LogP contribution in [0.1, 0.15) is 5.56 Å². The van der Waals surface area contributed by atoms with Crippen LogP contribution < -0.4 is 15.9 Å². The Balaban J connectivity index is 2.06. The van der Waals surface area contributed by atoms with Gasteiger partial charge in [0, 0.05) is 10.9 Å². The van der Waals surface area contributed by atoms with Crippen LogP contribution in [0.3, 0.4) is 0 Å². The number of rotatable bonds is 2. The number of aromatic amines is 1. The minimum atomic E-state index is -0.723. The van der Waals surface area contributed by atoms with E-state index in [9.17, 15) is 9.59 Å². The number of nitrogens with zero attached hydrogens (tertiary/aromatic N) is 2. The number of fused-ring (bicyclic) bond motifs is 5. The summed E-state index contributed by atoms with van der Waals surface area (Å²) >= 11 is 0. The number of aromatic nitrogens is 3. The van der Waals surface area contributed by atoms with Gasteiger partial charge in [-0.1, -0.05) is 35.9 Å². The molecule has 0 saturated carbocycles. The molecule has 0 aliphatic heterocycles. The van der Waals surface area contributed by atoms with Crippen molar-refractivity contribution >= 4 is 27.6 Å². The van der Waals surface area contributed by atoms with Crippen molar-refractivity contribution in [3.05, 3.63) is 75.0 Å². The van der Waals surface area contributed by atoms with E-state index < -0.39 is 11.2 Å². The van der Waals surface area contributed by atoms with Gasteiger partial charge in [0.15, 0.2) is 11.3 Å². The van der Waals surface area contributed by atoms with Crippen LogP contribution in [0, 0.1) is 6.92 Å². The van der Waals surface area contributed by atoms with Gasteiger partial charge in [-0.2, -0.15) is 0 Å². The lowest BCUT2D eigenvalue weighted by Crippen LogP contribution is -2.18. The fourth-order valence-corrected chi connectivity index (χ4v) is 3.53. The molecule has 0 atom stereocenters. The first-order valence-electron chi connectivity index (χ1n) is 8.69. The van der Waals surface area contributed by atoms with Gasteiger partial charge in [0.05, 0.1) is 24.5 Å². The maximum atomic E-state index is 12.7. The molecule has 0 aliphatic rings. The standard InChI is InChI=1S/C21H15N3O4/c1-11-6-8-12(9-7-11)14-10-22-21-23-19(25)16-17(24(14)21)13-4-3-5-15(27-2)18(13)28-20(16)26/h3-10H,1-2H3,(H,22,23,25). The Bertz CT molecular complexity index is 1490.